The van der Waals surface area contributed by atoms with Gasteiger partial charge < -0.3 is 19.6 Å². The van der Waals surface area contributed by atoms with Gasteiger partial charge in [-0.3, -0.25) is 19.6 Å². The third-order valence-electron chi connectivity index (χ3n) is 11.6. The Bertz CT molecular complexity index is 908. The largest absolute Gasteiger partial charge is 0.375 e. The summed E-state index contributed by atoms with van der Waals surface area (Å²) in [6.45, 7) is 50.3. The number of nitrogens with zero attached hydrogens (tertiary/aromatic N) is 8. The molecule has 4 aliphatic rings. The molecule has 352 valence electrons. The van der Waals surface area contributed by atoms with Crippen molar-refractivity contribution >= 4 is 0 Å². The Morgan fingerprint density at radius 2 is 0.424 bits per heavy atom. The minimum absolute atomic E-state index is 0. The van der Waals surface area contributed by atoms with Gasteiger partial charge in [0, 0.05) is 127 Å². The zero-order chi connectivity index (χ0) is 42.2. The predicted octanol–water partition coefficient (Wildman–Crippen LogP) is 11.2. The first-order chi connectivity index (χ1) is 26.4. The zero-order valence-electron chi connectivity index (χ0n) is 40.1. The second-order valence-electron chi connectivity index (χ2n) is 18.6. The maximum atomic E-state index is 2.52. The molecule has 0 unspecified atom stereocenters. The first-order valence-corrected chi connectivity index (χ1v) is 23.1. The van der Waals surface area contributed by atoms with Crippen molar-refractivity contribution in [1.29, 1.82) is 0 Å². The Hall–Kier alpha value is -2.00. The lowest BCUT2D eigenvalue weighted by Crippen LogP contribution is -2.37. The maximum absolute atomic E-state index is 2.52. The third-order valence-corrected chi connectivity index (χ3v) is 11.6. The van der Waals surface area contributed by atoms with Crippen LogP contribution >= 0.6 is 0 Å². The van der Waals surface area contributed by atoms with E-state index in [0.29, 0.717) is 48.3 Å². The predicted molar refractivity (Wildman–Crippen MR) is 269 cm³/mol. The second-order valence-corrected chi connectivity index (χ2v) is 18.6. The van der Waals surface area contributed by atoms with Gasteiger partial charge in [-0.15, -0.1) is 0 Å². The van der Waals surface area contributed by atoms with E-state index in [4.69, 9.17) is 0 Å². The monoisotopic (exact) mass is 833 g/mol. The van der Waals surface area contributed by atoms with Gasteiger partial charge in [-0.05, 0) is 161 Å². The minimum Gasteiger partial charge on any atom is -0.375 e. The summed E-state index contributed by atoms with van der Waals surface area (Å²) in [5.41, 5.74) is 0. The quantitative estimate of drug-likeness (QED) is 0.239. The van der Waals surface area contributed by atoms with E-state index in [9.17, 15) is 0 Å². The van der Waals surface area contributed by atoms with Crippen LogP contribution in [-0.4, -0.2) is 166 Å². The number of rotatable bonds is 8. The molecule has 59 heavy (non-hydrogen) atoms. The van der Waals surface area contributed by atoms with Crippen molar-refractivity contribution in [3.05, 3.63) is 49.1 Å². The van der Waals surface area contributed by atoms with Gasteiger partial charge in [0.25, 0.3) is 0 Å². The van der Waals surface area contributed by atoms with Crippen LogP contribution in [0.4, 0.5) is 0 Å². The van der Waals surface area contributed by atoms with E-state index in [0.717, 1.165) is 26.2 Å². The molecule has 4 aliphatic heterocycles. The Morgan fingerprint density at radius 1 is 0.254 bits per heavy atom. The van der Waals surface area contributed by atoms with Crippen LogP contribution in [0, 0.1) is 0 Å². The van der Waals surface area contributed by atoms with Gasteiger partial charge in [0.15, 0.2) is 0 Å². The molecule has 0 fully saturated rings. The van der Waals surface area contributed by atoms with Crippen LogP contribution in [0.2, 0.25) is 0 Å². The van der Waals surface area contributed by atoms with Crippen molar-refractivity contribution in [2.24, 2.45) is 0 Å². The molecular weight excluding hydrogens is 725 g/mol. The summed E-state index contributed by atoms with van der Waals surface area (Å²) in [5.74, 6) is 0. The van der Waals surface area contributed by atoms with Gasteiger partial charge in [0.05, 0.1) is 0 Å². The Morgan fingerprint density at radius 3 is 0.559 bits per heavy atom. The molecule has 0 aromatic rings. The molecule has 4 heterocycles. The van der Waals surface area contributed by atoms with Crippen LogP contribution in [0.5, 0.6) is 0 Å². The topological polar surface area (TPSA) is 25.9 Å². The van der Waals surface area contributed by atoms with Crippen molar-refractivity contribution in [2.75, 3.05) is 78.5 Å². The van der Waals surface area contributed by atoms with E-state index >= 15 is 0 Å². The lowest BCUT2D eigenvalue weighted by Gasteiger charge is -2.31. The van der Waals surface area contributed by atoms with Crippen LogP contribution in [0.3, 0.4) is 0 Å². The highest BCUT2D eigenvalue weighted by Crippen LogP contribution is 2.11. The summed E-state index contributed by atoms with van der Waals surface area (Å²) in [6.07, 6.45) is 23.3. The molecular formula is C51H108N8. The average molecular weight is 833 g/mol. The summed E-state index contributed by atoms with van der Waals surface area (Å²) in [7, 11) is 0. The highest BCUT2D eigenvalue weighted by atomic mass is 15.2. The van der Waals surface area contributed by atoms with Crippen LogP contribution in [0.25, 0.3) is 0 Å². The molecule has 0 amide bonds. The van der Waals surface area contributed by atoms with Crippen LogP contribution in [0.15, 0.2) is 49.1 Å². The molecule has 0 radical (unpaired) electrons. The van der Waals surface area contributed by atoms with Crippen molar-refractivity contribution in [2.45, 2.75) is 207 Å². The molecule has 0 aliphatic carbocycles. The van der Waals surface area contributed by atoms with Crippen molar-refractivity contribution in [1.82, 2.24) is 39.2 Å². The van der Waals surface area contributed by atoms with E-state index in [2.05, 4.69) is 199 Å². The Balaban J connectivity index is -0.000000697. The molecule has 0 saturated carbocycles. The standard InChI is InChI=1S/4C12H24N2.3CH4/c4*1-11(2)13-7-5-9-14(12(3)4)10-6-8-13;;;/h4*5,7,11-12H,6,8-10H2,1-4H3;3*1H4/b4*7-5-;;;. The molecule has 0 bridgehead atoms. The fraction of sp³-hybridized carbons (Fsp3) is 0.843. The van der Waals surface area contributed by atoms with E-state index in [-0.39, 0.29) is 22.3 Å². The van der Waals surface area contributed by atoms with E-state index in [1.807, 2.05) is 0 Å². The zero-order valence-corrected chi connectivity index (χ0v) is 40.1. The van der Waals surface area contributed by atoms with Crippen LogP contribution < -0.4 is 0 Å². The lowest BCUT2D eigenvalue weighted by atomic mass is 10.2. The fourth-order valence-corrected chi connectivity index (χ4v) is 7.36. The van der Waals surface area contributed by atoms with Crippen molar-refractivity contribution in [3.8, 4) is 0 Å². The molecule has 8 heteroatoms. The van der Waals surface area contributed by atoms with Gasteiger partial charge in [0.1, 0.15) is 0 Å². The molecule has 8 nitrogen and oxygen atoms in total. The Kier molecular flexibility index (Phi) is 35.9. The summed E-state index contributed by atoms with van der Waals surface area (Å²) in [5, 5.41) is 0. The molecule has 0 aromatic carbocycles. The van der Waals surface area contributed by atoms with Crippen LogP contribution in [-0.2, 0) is 0 Å². The summed E-state index contributed by atoms with van der Waals surface area (Å²) in [6, 6.07) is 5.23. The lowest BCUT2D eigenvalue weighted by molar-refractivity contribution is 0.208. The van der Waals surface area contributed by atoms with Crippen molar-refractivity contribution in [3.63, 3.8) is 0 Å². The molecule has 0 aromatic heterocycles. The van der Waals surface area contributed by atoms with Crippen molar-refractivity contribution < 1.29 is 0 Å². The smallest absolute Gasteiger partial charge is 0.0227 e. The normalized spacial score (nSPS) is 21.4. The summed E-state index contributed by atoms with van der Waals surface area (Å²) >= 11 is 0. The minimum atomic E-state index is 0. The second kappa shape index (κ2) is 34.6. The summed E-state index contributed by atoms with van der Waals surface area (Å²) in [4.78, 5) is 19.8. The first-order valence-electron chi connectivity index (χ1n) is 23.1. The van der Waals surface area contributed by atoms with Gasteiger partial charge >= 0.3 is 0 Å². The third kappa shape index (κ3) is 26.8. The summed E-state index contributed by atoms with van der Waals surface area (Å²) < 4.78 is 0. The highest BCUT2D eigenvalue weighted by Gasteiger charge is 2.15. The number of hydrogen-bond donors (Lipinski definition) is 0. The fourth-order valence-electron chi connectivity index (χ4n) is 7.36. The van der Waals surface area contributed by atoms with E-state index in [1.165, 1.54) is 78.0 Å². The Labute approximate surface area is 372 Å². The van der Waals surface area contributed by atoms with Gasteiger partial charge in [0.2, 0.25) is 0 Å². The van der Waals surface area contributed by atoms with E-state index in [1.54, 1.807) is 0 Å². The van der Waals surface area contributed by atoms with E-state index < -0.39 is 0 Å². The van der Waals surface area contributed by atoms with Gasteiger partial charge in [-0.25, -0.2) is 0 Å². The molecule has 0 N–H and O–H groups in total. The van der Waals surface area contributed by atoms with Gasteiger partial charge in [-0.1, -0.05) is 46.6 Å². The highest BCUT2D eigenvalue weighted by molar-refractivity contribution is 4.93. The van der Waals surface area contributed by atoms with Gasteiger partial charge in [-0.2, -0.15) is 0 Å². The first kappa shape index (κ1) is 61.3. The molecule has 4 rings (SSSR count). The van der Waals surface area contributed by atoms with Crippen LogP contribution in [0.1, 0.15) is 159 Å². The average Bonchev–Trinajstić information content (AvgIpc) is 3.04. The maximum Gasteiger partial charge on any atom is 0.0227 e. The molecule has 0 spiro atoms. The SMILES string of the molecule is C.C.C.CC(C)N1/C=C\CN(C(C)C)CCC1.CC(C)N1/C=C\CN(C(C)C)CCC1.CC(C)N1/C=C\CN(C(C)C)CCC1.CC(C)N1/C=C\CN(C(C)C)CCC1. The number of hydrogen-bond acceptors (Lipinski definition) is 8. The molecule has 0 atom stereocenters. The molecule has 0 saturated heterocycles.